The number of carbonyl (C=O) groups is 4. The molecule has 2 aliphatic heterocycles. The molecular formula is C30H39N5O5. The van der Waals surface area contributed by atoms with Crippen LogP contribution in [0.1, 0.15) is 71.7 Å². The van der Waals surface area contributed by atoms with E-state index < -0.39 is 35.5 Å². The Morgan fingerprint density at radius 1 is 1.00 bits per heavy atom. The van der Waals surface area contributed by atoms with Gasteiger partial charge in [-0.05, 0) is 75.6 Å². The van der Waals surface area contributed by atoms with Crippen LogP contribution in [0.4, 0.5) is 0 Å². The van der Waals surface area contributed by atoms with Crippen LogP contribution in [0.15, 0.2) is 36.5 Å². The van der Waals surface area contributed by atoms with Crippen molar-refractivity contribution in [3.63, 3.8) is 0 Å². The number of nitrogens with one attached hydrogen (secondary N) is 3. The molecule has 1 saturated heterocycles. The molecule has 10 heteroatoms. The highest BCUT2D eigenvalue weighted by molar-refractivity contribution is 5.91. The number of carbonyl (C=O) groups excluding carboxylic acids is 4. The standard InChI is InChI=1S/C30H39N5O5/c1-17(2)25-27(37)33-19(4)28(38)35-13-7-8-24(34-35)26(36)32-18(3)20-9-10-21-16-31-23(15-22(21)14-20)11-12-30(5,6)29(39)40-25/h9-12,14-19,24-25,34H,7-8,13H2,1-6H3,(H,32,36)(H,33,37)/b12-11-/t18-,19+,24+,25+/m1/s1. The third-order valence-corrected chi connectivity index (χ3v) is 7.42. The molecule has 10 nitrogen and oxygen atoms in total. The lowest BCUT2D eigenvalue weighted by Gasteiger charge is -2.35. The molecule has 0 aliphatic carbocycles. The average molecular weight is 550 g/mol. The second kappa shape index (κ2) is 11.8. The molecule has 2 aliphatic rings. The molecule has 2 aromatic rings. The maximum absolute atomic E-state index is 13.2. The van der Waals surface area contributed by atoms with Crippen molar-refractivity contribution < 1.29 is 23.9 Å². The first-order valence-corrected chi connectivity index (χ1v) is 13.8. The number of fused-ring (bicyclic) bond motifs is 4. The number of esters is 1. The van der Waals surface area contributed by atoms with E-state index in [1.165, 1.54) is 5.01 Å². The molecule has 40 heavy (non-hydrogen) atoms. The van der Waals surface area contributed by atoms with Crippen LogP contribution in [0.3, 0.4) is 0 Å². The van der Waals surface area contributed by atoms with E-state index in [9.17, 15) is 19.2 Å². The zero-order valence-electron chi connectivity index (χ0n) is 24.0. The van der Waals surface area contributed by atoms with Gasteiger partial charge in [0.1, 0.15) is 12.1 Å². The van der Waals surface area contributed by atoms with Gasteiger partial charge in [-0.25, -0.2) is 5.43 Å². The Morgan fingerprint density at radius 3 is 2.45 bits per heavy atom. The Labute approximate surface area is 234 Å². The van der Waals surface area contributed by atoms with Crippen molar-refractivity contribution >= 4 is 40.5 Å². The molecule has 1 aromatic carbocycles. The summed E-state index contributed by atoms with van der Waals surface area (Å²) in [5.74, 6) is -2.03. The SMILES string of the molecule is CC(C)[C@@H]1OC(=O)C(C)(C)/C=C\c2cc3cc(ccc3cn2)[C@@H](C)NC(=O)[C@@H]2CCCN(N2)C(=O)[C@H](C)NC1=O. The Morgan fingerprint density at radius 2 is 1.73 bits per heavy atom. The predicted octanol–water partition coefficient (Wildman–Crippen LogP) is 3.03. The molecule has 0 radical (unpaired) electrons. The van der Waals surface area contributed by atoms with Gasteiger partial charge in [0.25, 0.3) is 11.8 Å². The van der Waals surface area contributed by atoms with Crippen molar-refractivity contribution in [3.05, 3.63) is 47.8 Å². The summed E-state index contributed by atoms with van der Waals surface area (Å²) in [5.41, 5.74) is 3.57. The molecule has 3 heterocycles. The number of pyridine rings is 1. The Bertz CT molecular complexity index is 1340. The van der Waals surface area contributed by atoms with E-state index in [4.69, 9.17) is 4.74 Å². The topological polar surface area (TPSA) is 130 Å². The van der Waals surface area contributed by atoms with Crippen molar-refractivity contribution in [1.29, 1.82) is 0 Å². The second-order valence-electron chi connectivity index (χ2n) is 11.6. The largest absolute Gasteiger partial charge is 0.451 e. The summed E-state index contributed by atoms with van der Waals surface area (Å²) in [6.07, 6.45) is 5.35. The number of nitrogens with zero attached hydrogens (tertiary/aromatic N) is 2. The fraction of sp³-hybridized carbons (Fsp3) is 0.500. The van der Waals surface area contributed by atoms with Crippen molar-refractivity contribution in [1.82, 2.24) is 26.1 Å². The maximum Gasteiger partial charge on any atom is 0.316 e. The van der Waals surface area contributed by atoms with Crippen LogP contribution < -0.4 is 16.1 Å². The van der Waals surface area contributed by atoms with Gasteiger partial charge in [0.05, 0.1) is 17.2 Å². The molecule has 4 atom stereocenters. The van der Waals surface area contributed by atoms with Gasteiger partial charge >= 0.3 is 5.97 Å². The summed E-state index contributed by atoms with van der Waals surface area (Å²) in [4.78, 5) is 57.2. The highest BCUT2D eigenvalue weighted by atomic mass is 16.5. The van der Waals surface area contributed by atoms with Crippen LogP contribution in [0, 0.1) is 11.3 Å². The fourth-order valence-corrected chi connectivity index (χ4v) is 4.78. The van der Waals surface area contributed by atoms with Crippen molar-refractivity contribution in [3.8, 4) is 0 Å². The molecular weight excluding hydrogens is 510 g/mol. The van der Waals surface area contributed by atoms with Gasteiger partial charge in [-0.2, -0.15) is 0 Å². The van der Waals surface area contributed by atoms with Gasteiger partial charge in [-0.15, -0.1) is 0 Å². The molecule has 3 N–H and O–H groups in total. The summed E-state index contributed by atoms with van der Waals surface area (Å²) < 4.78 is 5.69. The number of rotatable bonds is 1. The Kier molecular flexibility index (Phi) is 8.58. The lowest BCUT2D eigenvalue weighted by molar-refractivity contribution is -0.165. The van der Waals surface area contributed by atoms with Gasteiger partial charge in [0, 0.05) is 18.1 Å². The van der Waals surface area contributed by atoms with E-state index in [1.54, 1.807) is 53.0 Å². The normalized spacial score (nSPS) is 27.2. The Balaban J connectivity index is 1.70. The summed E-state index contributed by atoms with van der Waals surface area (Å²) >= 11 is 0. The minimum Gasteiger partial charge on any atom is -0.451 e. The monoisotopic (exact) mass is 549 g/mol. The fourth-order valence-electron chi connectivity index (χ4n) is 4.78. The van der Waals surface area contributed by atoms with E-state index in [2.05, 4.69) is 21.0 Å². The molecule has 1 aromatic heterocycles. The van der Waals surface area contributed by atoms with Crippen LogP contribution in [-0.4, -0.2) is 58.4 Å². The molecule has 0 spiro atoms. The molecule has 214 valence electrons. The number of ether oxygens (including phenoxy) is 1. The van der Waals surface area contributed by atoms with Crippen molar-refractivity contribution in [2.75, 3.05) is 6.54 Å². The van der Waals surface area contributed by atoms with E-state index in [0.29, 0.717) is 25.1 Å². The average Bonchev–Trinajstić information content (AvgIpc) is 2.92. The van der Waals surface area contributed by atoms with Crippen molar-refractivity contribution in [2.45, 2.75) is 78.6 Å². The van der Waals surface area contributed by atoms with E-state index >= 15 is 0 Å². The number of aromatic nitrogens is 1. The van der Waals surface area contributed by atoms with Gasteiger partial charge < -0.3 is 15.4 Å². The maximum atomic E-state index is 13.2. The molecule has 0 unspecified atom stereocenters. The summed E-state index contributed by atoms with van der Waals surface area (Å²) in [5, 5.41) is 9.03. The van der Waals surface area contributed by atoms with Gasteiger partial charge in [0.15, 0.2) is 6.10 Å². The van der Waals surface area contributed by atoms with Crippen LogP contribution in [0.2, 0.25) is 0 Å². The van der Waals surface area contributed by atoms with Gasteiger partial charge in [-0.3, -0.25) is 29.2 Å². The summed E-state index contributed by atoms with van der Waals surface area (Å²) in [6.45, 7) is 10.9. The smallest absolute Gasteiger partial charge is 0.316 e. The molecule has 1 fully saturated rings. The number of benzene rings is 1. The number of cyclic esters (lactones) is 1. The van der Waals surface area contributed by atoms with Crippen molar-refractivity contribution in [2.24, 2.45) is 11.3 Å². The highest BCUT2D eigenvalue weighted by Gasteiger charge is 2.36. The van der Waals surface area contributed by atoms with Crippen LogP contribution >= 0.6 is 0 Å². The molecule has 5 bridgehead atoms. The zero-order chi connectivity index (χ0) is 29.2. The first-order valence-electron chi connectivity index (χ1n) is 13.8. The lowest BCUT2D eigenvalue weighted by atomic mass is 9.92. The minimum atomic E-state index is -1.09. The van der Waals surface area contributed by atoms with Crippen LogP contribution in [-0.2, 0) is 23.9 Å². The molecule has 0 saturated carbocycles. The minimum absolute atomic E-state index is 0.208. The van der Waals surface area contributed by atoms with Gasteiger partial charge in [-0.1, -0.05) is 32.1 Å². The van der Waals surface area contributed by atoms with E-state index in [1.807, 2.05) is 31.2 Å². The third-order valence-electron chi connectivity index (χ3n) is 7.42. The summed E-state index contributed by atoms with van der Waals surface area (Å²) in [7, 11) is 0. The predicted molar refractivity (Wildman–Crippen MR) is 151 cm³/mol. The zero-order valence-corrected chi connectivity index (χ0v) is 24.0. The molecule has 3 amide bonds. The highest BCUT2D eigenvalue weighted by Crippen LogP contribution is 2.25. The second-order valence-corrected chi connectivity index (χ2v) is 11.6. The molecule has 4 rings (SSSR count). The van der Waals surface area contributed by atoms with Crippen LogP contribution in [0.5, 0.6) is 0 Å². The Hall–Kier alpha value is -3.79. The number of hydrogen-bond acceptors (Lipinski definition) is 7. The van der Waals surface area contributed by atoms with Gasteiger partial charge in [0.2, 0.25) is 5.91 Å². The quantitative estimate of drug-likeness (QED) is 0.466. The van der Waals surface area contributed by atoms with Crippen LogP contribution in [0.25, 0.3) is 16.8 Å². The number of hydrogen-bond donors (Lipinski definition) is 3. The third kappa shape index (κ3) is 6.50. The first kappa shape index (κ1) is 29.2. The van der Waals surface area contributed by atoms with E-state index in [-0.39, 0.29) is 23.8 Å². The van der Waals surface area contributed by atoms with E-state index in [0.717, 1.165) is 16.3 Å². The number of amides is 3. The first-order chi connectivity index (χ1) is 18.9. The summed E-state index contributed by atoms with van der Waals surface area (Å²) in [6, 6.07) is 6.09. The lowest BCUT2D eigenvalue weighted by Crippen LogP contribution is -2.61. The number of hydrazine groups is 1.